The molecule has 2 aromatic heterocycles. The second-order valence-electron chi connectivity index (χ2n) is 7.82. The molecule has 6 heteroatoms. The molecule has 0 aliphatic carbocycles. The molecule has 0 atom stereocenters. The molecule has 1 saturated heterocycles. The highest BCUT2D eigenvalue weighted by Gasteiger charge is 2.24. The van der Waals surface area contributed by atoms with Gasteiger partial charge in [0.1, 0.15) is 0 Å². The predicted octanol–water partition coefficient (Wildman–Crippen LogP) is 2.52. The van der Waals surface area contributed by atoms with E-state index in [0.29, 0.717) is 24.4 Å². The number of hydrogen-bond donors (Lipinski definition) is 0. The van der Waals surface area contributed by atoms with Crippen LogP contribution in [0.3, 0.4) is 0 Å². The number of para-hydroxylation sites is 1. The van der Waals surface area contributed by atoms with Crippen LogP contribution in [0.25, 0.3) is 10.9 Å². The summed E-state index contributed by atoms with van der Waals surface area (Å²) in [5.41, 5.74) is 2.94. The van der Waals surface area contributed by atoms with E-state index in [0.717, 1.165) is 42.4 Å². The first-order valence-corrected chi connectivity index (χ1v) is 9.84. The van der Waals surface area contributed by atoms with Crippen molar-refractivity contribution in [2.75, 3.05) is 13.1 Å². The number of benzene rings is 1. The Morgan fingerprint density at radius 2 is 1.96 bits per heavy atom. The molecule has 1 aliphatic rings. The molecule has 28 heavy (non-hydrogen) atoms. The SMILES string of the molecule is Cc1cncn(CC2CCN(C(=O)Cc3cn(C)c4ccccc34)CC2)c1=O. The summed E-state index contributed by atoms with van der Waals surface area (Å²) in [4.78, 5) is 31.1. The standard InChI is InChI=1S/C22H26N4O2/c1-16-12-23-15-26(22(16)28)13-17-7-9-25(10-8-17)21(27)11-18-14-24(2)20-6-4-3-5-19(18)20/h3-6,12,14-15,17H,7-11,13H2,1-2H3. The lowest BCUT2D eigenvalue weighted by atomic mass is 9.96. The number of carbonyl (C=O) groups is 1. The lowest BCUT2D eigenvalue weighted by molar-refractivity contribution is -0.131. The van der Waals surface area contributed by atoms with Gasteiger partial charge >= 0.3 is 0 Å². The number of rotatable bonds is 4. The fraction of sp³-hybridized carbons (Fsp3) is 0.409. The lowest BCUT2D eigenvalue weighted by Crippen LogP contribution is -2.40. The molecule has 3 heterocycles. The maximum absolute atomic E-state index is 12.8. The van der Waals surface area contributed by atoms with Crippen molar-refractivity contribution >= 4 is 16.8 Å². The monoisotopic (exact) mass is 378 g/mol. The Hall–Kier alpha value is -2.89. The van der Waals surface area contributed by atoms with Crippen LogP contribution >= 0.6 is 0 Å². The van der Waals surface area contributed by atoms with Crippen LogP contribution in [0.5, 0.6) is 0 Å². The highest BCUT2D eigenvalue weighted by atomic mass is 16.2. The van der Waals surface area contributed by atoms with Gasteiger partial charge in [0.25, 0.3) is 5.56 Å². The van der Waals surface area contributed by atoms with Gasteiger partial charge in [-0.3, -0.25) is 14.2 Å². The van der Waals surface area contributed by atoms with Crippen molar-refractivity contribution in [3.8, 4) is 0 Å². The number of likely N-dealkylation sites (tertiary alicyclic amines) is 1. The summed E-state index contributed by atoms with van der Waals surface area (Å²) in [5, 5.41) is 1.15. The van der Waals surface area contributed by atoms with E-state index in [-0.39, 0.29) is 11.5 Å². The summed E-state index contributed by atoms with van der Waals surface area (Å²) in [5.74, 6) is 0.590. The Bertz CT molecular complexity index is 1060. The predicted molar refractivity (Wildman–Crippen MR) is 109 cm³/mol. The molecular weight excluding hydrogens is 352 g/mol. The van der Waals surface area contributed by atoms with E-state index in [2.05, 4.69) is 27.9 Å². The first-order valence-electron chi connectivity index (χ1n) is 9.84. The van der Waals surface area contributed by atoms with Gasteiger partial charge < -0.3 is 9.47 Å². The Morgan fingerprint density at radius 1 is 1.21 bits per heavy atom. The topological polar surface area (TPSA) is 60.1 Å². The summed E-state index contributed by atoms with van der Waals surface area (Å²) in [7, 11) is 2.02. The highest BCUT2D eigenvalue weighted by molar-refractivity contribution is 5.89. The van der Waals surface area contributed by atoms with Crippen molar-refractivity contribution in [1.82, 2.24) is 19.0 Å². The fourth-order valence-corrected chi connectivity index (χ4v) is 4.17. The molecule has 6 nitrogen and oxygen atoms in total. The first kappa shape index (κ1) is 18.5. The Labute approximate surface area is 164 Å². The number of amides is 1. The molecule has 4 rings (SSSR count). The number of aryl methyl sites for hydroxylation is 2. The zero-order valence-electron chi connectivity index (χ0n) is 16.5. The molecule has 0 unspecified atom stereocenters. The molecule has 0 N–H and O–H groups in total. The second-order valence-corrected chi connectivity index (χ2v) is 7.82. The van der Waals surface area contributed by atoms with E-state index >= 15 is 0 Å². The van der Waals surface area contributed by atoms with Crippen LogP contribution < -0.4 is 5.56 Å². The van der Waals surface area contributed by atoms with Gasteiger partial charge in [0.05, 0.1) is 12.7 Å². The maximum Gasteiger partial charge on any atom is 0.256 e. The number of carbonyl (C=O) groups excluding carboxylic acids is 1. The van der Waals surface area contributed by atoms with E-state index in [9.17, 15) is 9.59 Å². The van der Waals surface area contributed by atoms with Crippen LogP contribution in [0, 0.1) is 12.8 Å². The number of hydrogen-bond acceptors (Lipinski definition) is 3. The van der Waals surface area contributed by atoms with Gasteiger partial charge in [-0.05, 0) is 37.3 Å². The van der Waals surface area contributed by atoms with E-state index < -0.39 is 0 Å². The van der Waals surface area contributed by atoms with E-state index in [4.69, 9.17) is 0 Å². The number of piperidine rings is 1. The van der Waals surface area contributed by atoms with Gasteiger partial charge in [0.15, 0.2) is 0 Å². The number of fused-ring (bicyclic) bond motifs is 1. The van der Waals surface area contributed by atoms with E-state index in [1.807, 2.05) is 24.1 Å². The van der Waals surface area contributed by atoms with Gasteiger partial charge in [-0.2, -0.15) is 0 Å². The number of aromatic nitrogens is 3. The van der Waals surface area contributed by atoms with Crippen LogP contribution in [0.15, 0.2) is 47.8 Å². The quantitative estimate of drug-likeness (QED) is 0.701. The van der Waals surface area contributed by atoms with Crippen molar-refractivity contribution in [3.05, 3.63) is 64.5 Å². The zero-order valence-corrected chi connectivity index (χ0v) is 16.5. The van der Waals surface area contributed by atoms with Gasteiger partial charge in [-0.25, -0.2) is 4.98 Å². The average molecular weight is 378 g/mol. The lowest BCUT2D eigenvalue weighted by Gasteiger charge is -2.32. The zero-order chi connectivity index (χ0) is 19.7. The molecule has 3 aromatic rings. The van der Waals surface area contributed by atoms with Crippen molar-refractivity contribution in [3.63, 3.8) is 0 Å². The minimum Gasteiger partial charge on any atom is -0.350 e. The van der Waals surface area contributed by atoms with Crippen molar-refractivity contribution in [2.45, 2.75) is 32.7 Å². The Kier molecular flexibility index (Phi) is 5.03. The van der Waals surface area contributed by atoms with Crippen molar-refractivity contribution < 1.29 is 4.79 Å². The van der Waals surface area contributed by atoms with Gasteiger partial charge in [0, 0.05) is 55.5 Å². The minimum atomic E-state index is 0.0319. The molecule has 0 saturated carbocycles. The minimum absolute atomic E-state index is 0.0319. The van der Waals surface area contributed by atoms with Crippen LogP contribution in [-0.2, 0) is 24.8 Å². The molecule has 1 fully saturated rings. The highest BCUT2D eigenvalue weighted by Crippen LogP contribution is 2.23. The maximum atomic E-state index is 12.8. The average Bonchev–Trinajstić information content (AvgIpc) is 3.02. The third kappa shape index (κ3) is 3.59. The summed E-state index contributed by atoms with van der Waals surface area (Å²) in [6.07, 6.45) is 7.56. The van der Waals surface area contributed by atoms with Crippen LogP contribution in [0.2, 0.25) is 0 Å². The largest absolute Gasteiger partial charge is 0.350 e. The summed E-state index contributed by atoms with van der Waals surface area (Å²) in [6, 6.07) is 8.20. The van der Waals surface area contributed by atoms with Crippen LogP contribution in [0.4, 0.5) is 0 Å². The third-order valence-corrected chi connectivity index (χ3v) is 5.82. The molecule has 0 bridgehead atoms. The molecular formula is C22H26N4O2. The molecule has 0 radical (unpaired) electrons. The van der Waals surface area contributed by atoms with Crippen LogP contribution in [-0.4, -0.2) is 38.0 Å². The Morgan fingerprint density at radius 3 is 2.75 bits per heavy atom. The van der Waals surface area contributed by atoms with Crippen LogP contribution in [0.1, 0.15) is 24.0 Å². The summed E-state index contributed by atoms with van der Waals surface area (Å²) in [6.45, 7) is 3.98. The van der Waals surface area contributed by atoms with Gasteiger partial charge in [0.2, 0.25) is 5.91 Å². The summed E-state index contributed by atoms with van der Waals surface area (Å²) >= 11 is 0. The molecule has 1 aromatic carbocycles. The smallest absolute Gasteiger partial charge is 0.256 e. The number of nitrogens with zero attached hydrogens (tertiary/aromatic N) is 4. The molecule has 146 valence electrons. The van der Waals surface area contributed by atoms with Gasteiger partial charge in [-0.1, -0.05) is 18.2 Å². The third-order valence-electron chi connectivity index (χ3n) is 5.82. The van der Waals surface area contributed by atoms with Gasteiger partial charge in [-0.15, -0.1) is 0 Å². The Balaban J connectivity index is 1.37. The first-order chi connectivity index (χ1) is 13.5. The molecule has 1 aliphatic heterocycles. The van der Waals surface area contributed by atoms with E-state index in [1.54, 1.807) is 24.0 Å². The van der Waals surface area contributed by atoms with E-state index in [1.165, 1.54) is 0 Å². The molecule has 0 spiro atoms. The second kappa shape index (κ2) is 7.62. The fourth-order valence-electron chi connectivity index (χ4n) is 4.17. The normalized spacial score (nSPS) is 15.3. The molecule has 1 amide bonds. The van der Waals surface area contributed by atoms with Crippen molar-refractivity contribution in [1.29, 1.82) is 0 Å². The summed E-state index contributed by atoms with van der Waals surface area (Å²) < 4.78 is 3.78. The van der Waals surface area contributed by atoms with Crippen molar-refractivity contribution in [2.24, 2.45) is 13.0 Å².